The highest BCUT2D eigenvalue weighted by Gasteiger charge is 2.18. The molecule has 9 nitrogen and oxygen atoms in total. The summed E-state index contributed by atoms with van der Waals surface area (Å²) in [5.41, 5.74) is 5.72. The molecule has 176 valence electrons. The number of benzene rings is 2. The highest BCUT2D eigenvalue weighted by atomic mass is 16.5. The van der Waals surface area contributed by atoms with E-state index < -0.39 is 34.7 Å². The molecule has 3 aromatic rings. The van der Waals surface area contributed by atoms with Gasteiger partial charge >= 0.3 is 5.97 Å². The number of carbonyl (C=O) groups is 1. The molecule has 5 N–H and O–H groups in total. The Labute approximate surface area is 190 Å². The normalized spacial score (nSPS) is 12.1. The molecule has 3 rings (SSSR count). The fourth-order valence-electron chi connectivity index (χ4n) is 3.27. The summed E-state index contributed by atoms with van der Waals surface area (Å²) in [6.07, 6.45) is 1.07. The Morgan fingerprint density at radius 2 is 1.76 bits per heavy atom. The molecule has 0 aliphatic heterocycles. The summed E-state index contributed by atoms with van der Waals surface area (Å²) in [6.45, 7) is 4.52. The lowest BCUT2D eigenvalue weighted by molar-refractivity contribution is -0.145. The number of phenols is 3. The molecule has 0 spiro atoms. The topological polar surface area (TPSA) is 152 Å². The summed E-state index contributed by atoms with van der Waals surface area (Å²) in [5.74, 6) is -1.43. The van der Waals surface area contributed by atoms with Crippen LogP contribution in [-0.4, -0.2) is 40.5 Å². The summed E-state index contributed by atoms with van der Waals surface area (Å²) in [6, 6.07) is 8.38. The third-order valence-corrected chi connectivity index (χ3v) is 4.92. The predicted octanol–water partition coefficient (Wildman–Crippen LogP) is 3.26. The second-order valence-electron chi connectivity index (χ2n) is 8.07. The van der Waals surface area contributed by atoms with E-state index in [2.05, 4.69) is 0 Å². The number of rotatable bonds is 9. The molecule has 2 aromatic carbocycles. The van der Waals surface area contributed by atoms with Crippen molar-refractivity contribution in [3.8, 4) is 34.3 Å². The van der Waals surface area contributed by atoms with Crippen LogP contribution in [0.15, 0.2) is 45.6 Å². The highest BCUT2D eigenvalue weighted by molar-refractivity contribution is 5.89. The fourth-order valence-corrected chi connectivity index (χ4v) is 3.27. The lowest BCUT2D eigenvalue weighted by atomic mass is 10.1. The van der Waals surface area contributed by atoms with Gasteiger partial charge in [-0.15, -0.1) is 0 Å². The Morgan fingerprint density at radius 3 is 2.42 bits per heavy atom. The average Bonchev–Trinajstić information content (AvgIpc) is 2.76. The van der Waals surface area contributed by atoms with Gasteiger partial charge in [-0.3, -0.25) is 9.59 Å². The van der Waals surface area contributed by atoms with Gasteiger partial charge < -0.3 is 34.9 Å². The van der Waals surface area contributed by atoms with Crippen LogP contribution >= 0.6 is 0 Å². The zero-order valence-corrected chi connectivity index (χ0v) is 18.4. The minimum absolute atomic E-state index is 0.0618. The number of nitrogens with two attached hydrogens (primary N) is 1. The number of hydrogen-bond donors (Lipinski definition) is 4. The van der Waals surface area contributed by atoms with E-state index in [4.69, 9.17) is 19.6 Å². The van der Waals surface area contributed by atoms with Gasteiger partial charge in [0.1, 0.15) is 28.5 Å². The van der Waals surface area contributed by atoms with E-state index >= 15 is 0 Å². The van der Waals surface area contributed by atoms with Crippen LogP contribution in [-0.2, 0) is 9.53 Å². The molecule has 1 aromatic heterocycles. The first-order valence-corrected chi connectivity index (χ1v) is 10.5. The number of fused-ring (bicyclic) bond motifs is 1. The second kappa shape index (κ2) is 10.3. The smallest absolute Gasteiger partial charge is 0.322 e. The number of aromatic hydroxyl groups is 3. The van der Waals surface area contributed by atoms with Gasteiger partial charge in [-0.2, -0.15) is 0 Å². The van der Waals surface area contributed by atoms with Gasteiger partial charge in [0, 0.05) is 24.1 Å². The molecule has 0 saturated heterocycles. The standard InChI is InChI=1S/C24H27NO8/c1-13(2)10-16(25)24(30)32-9-3-8-31-15-6-4-14(5-7-15)19-11-17(26)21-20(33-19)12-18(27)22(28)23(21)29/h4-7,11-13,16,27-29H,3,8-10,25H2,1-2H3/t16-/m0/s1. The molecular weight excluding hydrogens is 430 g/mol. The van der Waals surface area contributed by atoms with E-state index in [9.17, 15) is 24.9 Å². The first-order chi connectivity index (χ1) is 15.7. The lowest BCUT2D eigenvalue weighted by Gasteiger charge is -2.13. The zero-order chi connectivity index (χ0) is 24.1. The SMILES string of the molecule is CC(C)C[C@H](N)C(=O)OCCCOc1ccc(-c2cc(=O)c3c(O)c(O)c(O)cc3o2)cc1. The lowest BCUT2D eigenvalue weighted by Crippen LogP contribution is -2.33. The van der Waals surface area contributed by atoms with Crippen molar-refractivity contribution in [1.82, 2.24) is 0 Å². The molecule has 1 heterocycles. The molecular formula is C24H27NO8. The molecule has 0 fully saturated rings. The van der Waals surface area contributed by atoms with Crippen molar-refractivity contribution in [2.45, 2.75) is 32.7 Å². The van der Waals surface area contributed by atoms with Crippen LogP contribution < -0.4 is 15.9 Å². The Kier molecular flexibility index (Phi) is 7.44. The molecule has 0 aliphatic rings. The Balaban J connectivity index is 1.58. The number of carbonyl (C=O) groups excluding carboxylic acids is 1. The monoisotopic (exact) mass is 457 g/mol. The van der Waals surface area contributed by atoms with Crippen molar-refractivity contribution >= 4 is 16.9 Å². The van der Waals surface area contributed by atoms with E-state index in [0.717, 1.165) is 6.07 Å². The maximum absolute atomic E-state index is 12.4. The molecule has 0 unspecified atom stereocenters. The molecule has 0 radical (unpaired) electrons. The Bertz CT molecular complexity index is 1180. The van der Waals surface area contributed by atoms with Gasteiger partial charge in [0.25, 0.3) is 0 Å². The van der Waals surface area contributed by atoms with Crippen molar-refractivity contribution in [3.63, 3.8) is 0 Å². The number of ether oxygens (including phenoxy) is 2. The largest absolute Gasteiger partial charge is 0.504 e. The quantitative estimate of drug-likeness (QED) is 0.215. The van der Waals surface area contributed by atoms with E-state index in [1.807, 2.05) is 13.8 Å². The summed E-state index contributed by atoms with van der Waals surface area (Å²) in [7, 11) is 0. The summed E-state index contributed by atoms with van der Waals surface area (Å²) >= 11 is 0. The van der Waals surface area contributed by atoms with Crippen LogP contribution in [0.4, 0.5) is 0 Å². The molecule has 0 amide bonds. The van der Waals surface area contributed by atoms with Crippen molar-refractivity contribution < 1.29 is 34.0 Å². The van der Waals surface area contributed by atoms with Crippen LogP contribution in [0.25, 0.3) is 22.3 Å². The summed E-state index contributed by atoms with van der Waals surface area (Å²) < 4.78 is 16.4. The van der Waals surface area contributed by atoms with E-state index in [-0.39, 0.29) is 23.3 Å². The predicted molar refractivity (Wildman–Crippen MR) is 121 cm³/mol. The Hall–Kier alpha value is -3.72. The van der Waals surface area contributed by atoms with Crippen molar-refractivity contribution in [2.24, 2.45) is 11.7 Å². The van der Waals surface area contributed by atoms with Crippen LogP contribution in [0.1, 0.15) is 26.7 Å². The maximum atomic E-state index is 12.4. The second-order valence-corrected chi connectivity index (χ2v) is 8.07. The first kappa shape index (κ1) is 23.9. The van der Waals surface area contributed by atoms with Gasteiger partial charge in [-0.25, -0.2) is 0 Å². The number of phenolic OH excluding ortho intramolecular Hbond substituents is 3. The Morgan fingerprint density at radius 1 is 1.06 bits per heavy atom. The summed E-state index contributed by atoms with van der Waals surface area (Å²) in [4.78, 5) is 24.2. The van der Waals surface area contributed by atoms with Gasteiger partial charge in [-0.1, -0.05) is 13.8 Å². The third kappa shape index (κ3) is 5.75. The van der Waals surface area contributed by atoms with Crippen LogP contribution in [0, 0.1) is 5.92 Å². The number of hydrogen-bond acceptors (Lipinski definition) is 9. The van der Waals surface area contributed by atoms with Gasteiger partial charge in [0.2, 0.25) is 5.75 Å². The molecule has 9 heteroatoms. The highest BCUT2D eigenvalue weighted by Crippen LogP contribution is 2.40. The van der Waals surface area contributed by atoms with Crippen LogP contribution in [0.2, 0.25) is 0 Å². The number of esters is 1. The van der Waals surface area contributed by atoms with Crippen LogP contribution in [0.3, 0.4) is 0 Å². The molecule has 33 heavy (non-hydrogen) atoms. The first-order valence-electron chi connectivity index (χ1n) is 10.5. The van der Waals surface area contributed by atoms with E-state index in [1.54, 1.807) is 24.3 Å². The van der Waals surface area contributed by atoms with Crippen molar-refractivity contribution in [2.75, 3.05) is 13.2 Å². The summed E-state index contributed by atoms with van der Waals surface area (Å²) in [5, 5.41) is 29.0. The van der Waals surface area contributed by atoms with E-state index in [1.165, 1.54) is 6.07 Å². The molecule has 0 bridgehead atoms. The average molecular weight is 457 g/mol. The fraction of sp³-hybridized carbons (Fsp3) is 0.333. The van der Waals surface area contributed by atoms with Gasteiger partial charge in [0.05, 0.1) is 13.2 Å². The minimum atomic E-state index is -0.780. The third-order valence-electron chi connectivity index (χ3n) is 4.92. The molecule has 1 atom stereocenters. The van der Waals surface area contributed by atoms with Crippen molar-refractivity contribution in [3.05, 3.63) is 46.6 Å². The molecule has 0 saturated carbocycles. The van der Waals surface area contributed by atoms with Gasteiger partial charge in [-0.05, 0) is 36.6 Å². The van der Waals surface area contributed by atoms with Crippen molar-refractivity contribution in [1.29, 1.82) is 0 Å². The van der Waals surface area contributed by atoms with Crippen LogP contribution in [0.5, 0.6) is 23.0 Å². The van der Waals surface area contributed by atoms with E-state index in [0.29, 0.717) is 36.7 Å². The van der Waals surface area contributed by atoms with Gasteiger partial charge in [0.15, 0.2) is 16.9 Å². The molecule has 0 aliphatic carbocycles. The maximum Gasteiger partial charge on any atom is 0.322 e. The zero-order valence-electron chi connectivity index (χ0n) is 18.4. The minimum Gasteiger partial charge on any atom is -0.504 e.